The van der Waals surface area contributed by atoms with Crippen LogP contribution in [0.2, 0.25) is 0 Å². The molecule has 0 saturated carbocycles. The molecule has 6 nitrogen and oxygen atoms in total. The normalized spacial score (nSPS) is 15.5. The van der Waals surface area contributed by atoms with Crippen molar-refractivity contribution in [1.82, 2.24) is 4.31 Å². The second kappa shape index (κ2) is 8.61. The summed E-state index contributed by atoms with van der Waals surface area (Å²) in [5.41, 5.74) is 1.65. The highest BCUT2D eigenvalue weighted by Gasteiger charge is 2.28. The zero-order chi connectivity index (χ0) is 21.2. The lowest BCUT2D eigenvalue weighted by molar-refractivity contribution is 0.0724. The molecule has 0 bridgehead atoms. The van der Waals surface area contributed by atoms with E-state index in [0.29, 0.717) is 19.1 Å². The molecule has 0 aromatic heterocycles. The van der Waals surface area contributed by atoms with Crippen molar-refractivity contribution in [3.63, 3.8) is 0 Å². The molecule has 2 aromatic carbocycles. The first-order valence-electron chi connectivity index (χ1n) is 9.40. The number of carbonyl (C=O) groups is 1. The molecule has 2 aromatic rings. The third kappa shape index (κ3) is 4.66. The Morgan fingerprint density at radius 1 is 1.14 bits per heavy atom. The van der Waals surface area contributed by atoms with Gasteiger partial charge in [-0.05, 0) is 54.3 Å². The molecule has 0 amide bonds. The molecule has 1 heterocycles. The van der Waals surface area contributed by atoms with E-state index in [0.717, 1.165) is 29.3 Å². The minimum Gasteiger partial charge on any atom is -0.423 e. The Morgan fingerprint density at radius 2 is 1.83 bits per heavy atom. The fourth-order valence-electron chi connectivity index (χ4n) is 3.28. The van der Waals surface area contributed by atoms with E-state index in [-0.39, 0.29) is 23.7 Å². The Hall–Kier alpha value is -2.29. The maximum Gasteiger partial charge on any atom is 0.346 e. The van der Waals surface area contributed by atoms with E-state index in [1.165, 1.54) is 4.31 Å². The van der Waals surface area contributed by atoms with Gasteiger partial charge in [-0.3, -0.25) is 0 Å². The summed E-state index contributed by atoms with van der Waals surface area (Å²) >= 11 is 0. The van der Waals surface area contributed by atoms with E-state index in [1.807, 2.05) is 13.0 Å². The van der Waals surface area contributed by atoms with E-state index >= 15 is 0 Å². The molecule has 0 N–H and O–H groups in total. The van der Waals surface area contributed by atoms with Crippen molar-refractivity contribution in [2.45, 2.75) is 31.6 Å². The minimum atomic E-state index is -3.85. The summed E-state index contributed by atoms with van der Waals surface area (Å²) in [4.78, 5) is 12.4. The summed E-state index contributed by atoms with van der Waals surface area (Å²) in [5.74, 6) is -1.19. The van der Waals surface area contributed by atoms with Gasteiger partial charge in [0.1, 0.15) is 11.6 Å². The van der Waals surface area contributed by atoms with Gasteiger partial charge in [0.2, 0.25) is 10.0 Å². The molecule has 1 saturated heterocycles. The van der Waals surface area contributed by atoms with Crippen LogP contribution >= 0.6 is 0 Å². The summed E-state index contributed by atoms with van der Waals surface area (Å²) in [7, 11) is -3.85. The van der Waals surface area contributed by atoms with E-state index in [2.05, 4.69) is 13.8 Å². The van der Waals surface area contributed by atoms with Crippen molar-refractivity contribution in [3.05, 3.63) is 58.9 Å². The summed E-state index contributed by atoms with van der Waals surface area (Å²) in [6.45, 7) is 7.03. The predicted molar refractivity (Wildman–Crippen MR) is 106 cm³/mol. The zero-order valence-electron chi connectivity index (χ0n) is 16.6. The van der Waals surface area contributed by atoms with Crippen LogP contribution in [0.4, 0.5) is 4.39 Å². The van der Waals surface area contributed by atoms with E-state index in [9.17, 15) is 17.6 Å². The monoisotopic (exact) mass is 421 g/mol. The first-order chi connectivity index (χ1) is 13.7. The molecule has 0 aliphatic carbocycles. The Labute approximate surface area is 170 Å². The van der Waals surface area contributed by atoms with Gasteiger partial charge in [-0.1, -0.05) is 19.9 Å². The van der Waals surface area contributed by atoms with Crippen molar-refractivity contribution in [2.75, 3.05) is 26.3 Å². The number of rotatable bonds is 5. The highest BCUT2D eigenvalue weighted by Crippen LogP contribution is 2.25. The Bertz CT molecular complexity index is 1010. The van der Waals surface area contributed by atoms with Gasteiger partial charge < -0.3 is 9.47 Å². The number of hydrogen-bond donors (Lipinski definition) is 0. The highest BCUT2D eigenvalue weighted by atomic mass is 32.2. The van der Waals surface area contributed by atoms with E-state index in [4.69, 9.17) is 9.47 Å². The fourth-order valence-corrected chi connectivity index (χ4v) is 4.71. The zero-order valence-corrected chi connectivity index (χ0v) is 17.5. The maximum absolute atomic E-state index is 14.3. The number of carbonyl (C=O) groups excluding carboxylic acids is 1. The molecule has 29 heavy (non-hydrogen) atoms. The van der Waals surface area contributed by atoms with Crippen LogP contribution in [0.25, 0.3) is 0 Å². The van der Waals surface area contributed by atoms with Gasteiger partial charge in [-0.25, -0.2) is 17.6 Å². The van der Waals surface area contributed by atoms with Gasteiger partial charge in [0.25, 0.3) is 0 Å². The molecule has 1 aliphatic heterocycles. The topological polar surface area (TPSA) is 72.9 Å². The first kappa shape index (κ1) is 21.4. The van der Waals surface area contributed by atoms with Crippen LogP contribution in [0.3, 0.4) is 0 Å². The van der Waals surface area contributed by atoms with E-state index < -0.39 is 27.4 Å². The third-order valence-corrected chi connectivity index (χ3v) is 6.73. The van der Waals surface area contributed by atoms with Gasteiger partial charge in [-0.15, -0.1) is 0 Å². The van der Waals surface area contributed by atoms with Crippen LogP contribution in [0.5, 0.6) is 5.75 Å². The Morgan fingerprint density at radius 3 is 2.45 bits per heavy atom. The highest BCUT2D eigenvalue weighted by molar-refractivity contribution is 7.89. The molecule has 0 unspecified atom stereocenters. The summed E-state index contributed by atoms with van der Waals surface area (Å²) in [5, 5.41) is 0. The second-order valence-corrected chi connectivity index (χ2v) is 9.16. The smallest absolute Gasteiger partial charge is 0.346 e. The third-order valence-electron chi connectivity index (χ3n) is 4.84. The Kier molecular flexibility index (Phi) is 6.36. The molecule has 0 atom stereocenters. The number of sulfonamides is 1. The molecule has 156 valence electrons. The van der Waals surface area contributed by atoms with Gasteiger partial charge >= 0.3 is 5.97 Å². The number of halogens is 1. The lowest BCUT2D eigenvalue weighted by atomic mass is 9.98. The summed E-state index contributed by atoms with van der Waals surface area (Å²) in [6, 6.07) is 8.36. The molecule has 0 spiro atoms. The summed E-state index contributed by atoms with van der Waals surface area (Å²) in [6.07, 6.45) is 0. The SMILES string of the molecule is Cc1cc(OC(=O)c2cc(S(=O)(=O)N3CCOCC3)ccc2F)ccc1C(C)C. The first-order valence-corrected chi connectivity index (χ1v) is 10.8. The average Bonchev–Trinajstić information content (AvgIpc) is 2.68. The number of nitrogens with zero attached hydrogens (tertiary/aromatic N) is 1. The van der Waals surface area contributed by atoms with Crippen LogP contribution in [-0.4, -0.2) is 45.0 Å². The molecule has 3 rings (SSSR count). The minimum absolute atomic E-state index is 0.154. The van der Waals surface area contributed by atoms with Crippen molar-refractivity contribution in [2.24, 2.45) is 0 Å². The molecular weight excluding hydrogens is 397 g/mol. The van der Waals surface area contributed by atoms with Crippen LogP contribution in [0.1, 0.15) is 41.3 Å². The molecule has 0 radical (unpaired) electrons. The lowest BCUT2D eigenvalue weighted by Gasteiger charge is -2.26. The van der Waals surface area contributed by atoms with Crippen molar-refractivity contribution in [3.8, 4) is 5.75 Å². The van der Waals surface area contributed by atoms with Gasteiger partial charge in [0.15, 0.2) is 0 Å². The summed E-state index contributed by atoms with van der Waals surface area (Å²) < 4.78 is 51.6. The number of benzene rings is 2. The predicted octanol–water partition coefficient (Wildman–Crippen LogP) is 3.50. The maximum atomic E-state index is 14.3. The number of ether oxygens (including phenoxy) is 2. The average molecular weight is 421 g/mol. The number of hydrogen-bond acceptors (Lipinski definition) is 5. The molecule has 1 fully saturated rings. The Balaban J connectivity index is 1.86. The number of morpholine rings is 1. The molecule has 1 aliphatic rings. The number of aryl methyl sites for hydroxylation is 1. The van der Waals surface area contributed by atoms with Gasteiger partial charge in [-0.2, -0.15) is 4.31 Å². The van der Waals surface area contributed by atoms with Crippen LogP contribution in [0, 0.1) is 12.7 Å². The largest absolute Gasteiger partial charge is 0.423 e. The standard InChI is InChI=1S/C21H24FNO5S/c1-14(2)18-6-4-16(12-15(18)3)28-21(24)19-13-17(5-7-20(19)22)29(25,26)23-8-10-27-11-9-23/h4-7,12-14H,8-11H2,1-3H3. The molecular formula is C21H24FNO5S. The fraction of sp³-hybridized carbons (Fsp3) is 0.381. The second-order valence-electron chi connectivity index (χ2n) is 7.22. The van der Waals surface area contributed by atoms with Crippen LogP contribution < -0.4 is 4.74 Å². The van der Waals surface area contributed by atoms with E-state index in [1.54, 1.807) is 12.1 Å². The van der Waals surface area contributed by atoms with Gasteiger partial charge in [0.05, 0.1) is 23.7 Å². The molecule has 8 heteroatoms. The van der Waals surface area contributed by atoms with Gasteiger partial charge in [0, 0.05) is 13.1 Å². The quantitative estimate of drug-likeness (QED) is 0.546. The number of esters is 1. The van der Waals surface area contributed by atoms with Crippen molar-refractivity contribution < 1.29 is 27.1 Å². The lowest BCUT2D eigenvalue weighted by Crippen LogP contribution is -2.40. The van der Waals surface area contributed by atoms with Crippen molar-refractivity contribution in [1.29, 1.82) is 0 Å². The van der Waals surface area contributed by atoms with Crippen LogP contribution in [0.15, 0.2) is 41.3 Å². The van der Waals surface area contributed by atoms with Crippen molar-refractivity contribution >= 4 is 16.0 Å². The van der Waals surface area contributed by atoms with Crippen LogP contribution in [-0.2, 0) is 14.8 Å².